The second kappa shape index (κ2) is 10.8. The van der Waals surface area contributed by atoms with Crippen molar-refractivity contribution >= 4 is 15.9 Å². The second-order valence-electron chi connectivity index (χ2n) is 8.89. The highest BCUT2D eigenvalue weighted by atomic mass is 32.2. The fourth-order valence-corrected chi connectivity index (χ4v) is 5.97. The molecule has 4 rings (SSSR count). The molecule has 2 aromatic rings. The maximum absolute atomic E-state index is 13.1. The van der Waals surface area contributed by atoms with E-state index in [1.807, 2.05) is 25.1 Å². The third-order valence-corrected chi connectivity index (χ3v) is 8.36. The van der Waals surface area contributed by atoms with Gasteiger partial charge in [-0.25, -0.2) is 8.42 Å². The van der Waals surface area contributed by atoms with Crippen molar-refractivity contribution in [3.05, 3.63) is 65.2 Å². The van der Waals surface area contributed by atoms with Gasteiger partial charge in [-0.15, -0.1) is 0 Å². The number of ether oxygens (including phenoxy) is 1. The van der Waals surface area contributed by atoms with Gasteiger partial charge >= 0.3 is 0 Å². The van der Waals surface area contributed by atoms with Crippen molar-refractivity contribution in [3.8, 4) is 0 Å². The van der Waals surface area contributed by atoms with E-state index in [1.165, 1.54) is 9.87 Å². The topological polar surface area (TPSA) is 79.0 Å². The standard InChI is InChI=1S/C25H33N3O4S/c1-20-8-10-24(11-9-20)33(30,31)28-12-4-7-23(19-28)25(29)26-17-21-5-2-3-6-22(21)18-27-13-15-32-16-14-27/h2-3,5-6,8-11,23H,4,7,12-19H2,1H3,(H,26,29). The lowest BCUT2D eigenvalue weighted by molar-refractivity contribution is -0.126. The van der Waals surface area contributed by atoms with Crippen molar-refractivity contribution in [3.63, 3.8) is 0 Å². The average Bonchev–Trinajstić information content (AvgIpc) is 2.84. The zero-order valence-corrected chi connectivity index (χ0v) is 20.0. The highest BCUT2D eigenvalue weighted by Crippen LogP contribution is 2.24. The van der Waals surface area contributed by atoms with E-state index >= 15 is 0 Å². The van der Waals surface area contributed by atoms with Crippen molar-refractivity contribution in [2.24, 2.45) is 5.92 Å². The number of carbonyl (C=O) groups excluding carboxylic acids is 1. The Labute approximate surface area is 196 Å². The first kappa shape index (κ1) is 23.9. The van der Waals surface area contributed by atoms with E-state index in [2.05, 4.69) is 16.3 Å². The van der Waals surface area contributed by atoms with Crippen molar-refractivity contribution in [1.29, 1.82) is 0 Å². The highest BCUT2D eigenvalue weighted by molar-refractivity contribution is 7.89. The fourth-order valence-electron chi connectivity index (χ4n) is 4.45. The maximum atomic E-state index is 13.1. The summed E-state index contributed by atoms with van der Waals surface area (Å²) >= 11 is 0. The Kier molecular flexibility index (Phi) is 7.80. The molecule has 1 amide bonds. The van der Waals surface area contributed by atoms with Gasteiger partial charge in [-0.1, -0.05) is 42.0 Å². The molecular formula is C25H33N3O4S. The summed E-state index contributed by atoms with van der Waals surface area (Å²) < 4.78 is 33.0. The van der Waals surface area contributed by atoms with Crippen LogP contribution in [0.4, 0.5) is 0 Å². The summed E-state index contributed by atoms with van der Waals surface area (Å²) in [5.74, 6) is -0.426. The van der Waals surface area contributed by atoms with Gasteiger partial charge in [0.05, 0.1) is 24.0 Å². The number of hydrogen-bond donors (Lipinski definition) is 1. The number of hydrogen-bond acceptors (Lipinski definition) is 5. The lowest BCUT2D eigenvalue weighted by Gasteiger charge is -2.31. The number of aryl methyl sites for hydroxylation is 1. The number of amides is 1. The monoisotopic (exact) mass is 471 g/mol. The number of carbonyl (C=O) groups is 1. The minimum atomic E-state index is -3.60. The molecule has 1 atom stereocenters. The lowest BCUT2D eigenvalue weighted by Crippen LogP contribution is -2.45. The molecular weight excluding hydrogens is 438 g/mol. The first-order chi connectivity index (χ1) is 15.9. The van der Waals surface area contributed by atoms with Crippen LogP contribution in [0.5, 0.6) is 0 Å². The molecule has 2 aromatic carbocycles. The smallest absolute Gasteiger partial charge is 0.243 e. The molecule has 0 aliphatic carbocycles. The van der Waals surface area contributed by atoms with Crippen molar-refractivity contribution in [1.82, 2.24) is 14.5 Å². The van der Waals surface area contributed by atoms with Gasteiger partial charge in [0.1, 0.15) is 0 Å². The number of morpholine rings is 1. The molecule has 1 unspecified atom stereocenters. The van der Waals surface area contributed by atoms with Crippen LogP contribution >= 0.6 is 0 Å². The SMILES string of the molecule is Cc1ccc(S(=O)(=O)N2CCCC(C(=O)NCc3ccccc3CN3CCOCC3)C2)cc1. The van der Waals surface area contributed by atoms with Crippen LogP contribution < -0.4 is 5.32 Å². The maximum Gasteiger partial charge on any atom is 0.243 e. The number of nitrogens with zero attached hydrogens (tertiary/aromatic N) is 2. The summed E-state index contributed by atoms with van der Waals surface area (Å²) in [5.41, 5.74) is 3.31. The molecule has 33 heavy (non-hydrogen) atoms. The molecule has 8 heteroatoms. The normalized spacial score (nSPS) is 20.5. The third kappa shape index (κ3) is 6.00. The van der Waals surface area contributed by atoms with E-state index in [4.69, 9.17) is 4.74 Å². The first-order valence-electron chi connectivity index (χ1n) is 11.6. The van der Waals surface area contributed by atoms with Gasteiger partial charge < -0.3 is 10.1 Å². The quantitative estimate of drug-likeness (QED) is 0.672. The molecule has 0 spiro atoms. The van der Waals surface area contributed by atoms with Crippen molar-refractivity contribution in [2.45, 2.75) is 37.8 Å². The van der Waals surface area contributed by atoms with Gasteiger partial charge in [0.15, 0.2) is 0 Å². The van der Waals surface area contributed by atoms with Gasteiger partial charge in [0, 0.05) is 39.3 Å². The molecule has 2 heterocycles. The Hall–Kier alpha value is -2.26. The molecule has 0 aromatic heterocycles. The van der Waals surface area contributed by atoms with E-state index in [0.29, 0.717) is 25.9 Å². The Morgan fingerprint density at radius 1 is 1.03 bits per heavy atom. The second-order valence-corrected chi connectivity index (χ2v) is 10.8. The Morgan fingerprint density at radius 3 is 2.45 bits per heavy atom. The van der Waals surface area contributed by atoms with Crippen LogP contribution in [0.25, 0.3) is 0 Å². The number of benzene rings is 2. The molecule has 0 bridgehead atoms. The van der Waals surface area contributed by atoms with Crippen molar-refractivity contribution in [2.75, 3.05) is 39.4 Å². The predicted molar refractivity (Wildman–Crippen MR) is 127 cm³/mol. The fraction of sp³-hybridized carbons (Fsp3) is 0.480. The summed E-state index contributed by atoms with van der Waals surface area (Å²) in [4.78, 5) is 15.6. The molecule has 7 nitrogen and oxygen atoms in total. The van der Waals surface area contributed by atoms with Crippen LogP contribution in [-0.2, 0) is 32.6 Å². The molecule has 2 aliphatic rings. The van der Waals surface area contributed by atoms with E-state index < -0.39 is 10.0 Å². The van der Waals surface area contributed by atoms with E-state index in [-0.39, 0.29) is 23.3 Å². The van der Waals surface area contributed by atoms with Crippen LogP contribution in [0.3, 0.4) is 0 Å². The first-order valence-corrected chi connectivity index (χ1v) is 13.1. The van der Waals surface area contributed by atoms with Crippen LogP contribution in [0.1, 0.15) is 29.5 Å². The van der Waals surface area contributed by atoms with Gasteiger partial charge in [0.2, 0.25) is 15.9 Å². The van der Waals surface area contributed by atoms with Crippen LogP contribution in [0, 0.1) is 12.8 Å². The Bertz CT molecular complexity index is 1050. The minimum Gasteiger partial charge on any atom is -0.379 e. The van der Waals surface area contributed by atoms with Crippen LogP contribution in [0.2, 0.25) is 0 Å². The largest absolute Gasteiger partial charge is 0.379 e. The summed E-state index contributed by atoms with van der Waals surface area (Å²) in [5, 5.41) is 3.06. The minimum absolute atomic E-state index is 0.0834. The van der Waals surface area contributed by atoms with Crippen molar-refractivity contribution < 1.29 is 17.9 Å². The summed E-state index contributed by atoms with van der Waals surface area (Å²) in [7, 11) is -3.60. The number of rotatable bonds is 7. The summed E-state index contributed by atoms with van der Waals surface area (Å²) in [6.45, 7) is 7.20. The lowest BCUT2D eigenvalue weighted by atomic mass is 9.98. The summed E-state index contributed by atoms with van der Waals surface area (Å²) in [6.07, 6.45) is 1.37. The predicted octanol–water partition coefficient (Wildman–Crippen LogP) is 2.54. The molecule has 2 aliphatic heterocycles. The van der Waals surface area contributed by atoms with Gasteiger partial charge in [-0.3, -0.25) is 9.69 Å². The zero-order valence-electron chi connectivity index (χ0n) is 19.2. The summed E-state index contributed by atoms with van der Waals surface area (Å²) in [6, 6.07) is 15.0. The van der Waals surface area contributed by atoms with Gasteiger partial charge in [-0.05, 0) is 43.0 Å². The molecule has 2 saturated heterocycles. The van der Waals surface area contributed by atoms with Crippen LogP contribution in [-0.4, -0.2) is 62.9 Å². The Balaban J connectivity index is 1.37. The molecule has 0 saturated carbocycles. The molecule has 178 valence electrons. The number of nitrogens with one attached hydrogen (secondary N) is 1. The van der Waals surface area contributed by atoms with Gasteiger partial charge in [-0.2, -0.15) is 4.31 Å². The number of piperidine rings is 1. The van der Waals surface area contributed by atoms with E-state index in [9.17, 15) is 13.2 Å². The molecule has 0 radical (unpaired) electrons. The van der Waals surface area contributed by atoms with Gasteiger partial charge in [0.25, 0.3) is 0 Å². The van der Waals surface area contributed by atoms with E-state index in [1.54, 1.807) is 24.3 Å². The third-order valence-electron chi connectivity index (χ3n) is 6.48. The number of sulfonamides is 1. The average molecular weight is 472 g/mol. The molecule has 2 fully saturated rings. The van der Waals surface area contributed by atoms with Crippen LogP contribution in [0.15, 0.2) is 53.4 Å². The highest BCUT2D eigenvalue weighted by Gasteiger charge is 2.33. The molecule has 1 N–H and O–H groups in total. The Morgan fingerprint density at radius 2 is 1.73 bits per heavy atom. The zero-order chi connectivity index (χ0) is 23.3. The van der Waals surface area contributed by atoms with E-state index in [0.717, 1.165) is 44.0 Å².